The number of benzene rings is 2. The molecule has 8 heteroatoms. The standard InChI is InChI=1S/C19H20N4O3S/c1-22-9-11-23(12-10-22)27(25,26)17-7-4-6-15(13-17)19(24)21-18-8-3-2-5-16(18)14-20/h2-8,13H,9-12H2,1H3,(H,21,24). The van der Waals surface area contributed by atoms with E-state index in [1.165, 1.54) is 16.4 Å². The number of sulfonamides is 1. The Balaban J connectivity index is 1.83. The van der Waals surface area contributed by atoms with E-state index in [9.17, 15) is 13.2 Å². The number of likely N-dealkylation sites (N-methyl/N-ethyl adjacent to an activating group) is 1. The van der Waals surface area contributed by atoms with Crippen LogP contribution in [0.15, 0.2) is 53.4 Å². The van der Waals surface area contributed by atoms with Crippen molar-refractivity contribution < 1.29 is 13.2 Å². The van der Waals surface area contributed by atoms with Crippen LogP contribution in [-0.4, -0.2) is 56.8 Å². The molecule has 0 spiro atoms. The van der Waals surface area contributed by atoms with Gasteiger partial charge in [-0.3, -0.25) is 4.79 Å². The molecule has 0 atom stereocenters. The van der Waals surface area contributed by atoms with Gasteiger partial charge in [0.1, 0.15) is 6.07 Å². The predicted molar refractivity (Wildman–Crippen MR) is 102 cm³/mol. The summed E-state index contributed by atoms with van der Waals surface area (Å²) in [4.78, 5) is 14.7. The molecule has 1 aliphatic heterocycles. The molecule has 0 bridgehead atoms. The minimum absolute atomic E-state index is 0.0910. The van der Waals surface area contributed by atoms with Gasteiger partial charge in [0, 0.05) is 31.7 Å². The summed E-state index contributed by atoms with van der Waals surface area (Å²) in [5.41, 5.74) is 0.947. The molecule has 2 aromatic carbocycles. The van der Waals surface area contributed by atoms with Crippen LogP contribution < -0.4 is 5.32 Å². The minimum atomic E-state index is -3.65. The monoisotopic (exact) mass is 384 g/mol. The van der Waals surface area contributed by atoms with Gasteiger partial charge in [-0.15, -0.1) is 0 Å². The number of hydrogen-bond acceptors (Lipinski definition) is 5. The highest BCUT2D eigenvalue weighted by molar-refractivity contribution is 7.89. The maximum absolute atomic E-state index is 12.9. The number of para-hydroxylation sites is 1. The fraction of sp³-hybridized carbons (Fsp3) is 0.263. The lowest BCUT2D eigenvalue weighted by Gasteiger charge is -2.31. The molecule has 1 heterocycles. The average Bonchev–Trinajstić information content (AvgIpc) is 2.69. The third-order valence-corrected chi connectivity index (χ3v) is 6.39. The molecule has 140 valence electrons. The number of piperazine rings is 1. The summed E-state index contributed by atoms with van der Waals surface area (Å²) < 4.78 is 27.2. The molecule has 7 nitrogen and oxygen atoms in total. The van der Waals surface area contributed by atoms with E-state index in [1.54, 1.807) is 36.4 Å². The molecule has 0 saturated carbocycles. The summed E-state index contributed by atoms with van der Waals surface area (Å²) in [5.74, 6) is -0.465. The van der Waals surface area contributed by atoms with Crippen LogP contribution in [0, 0.1) is 11.3 Å². The summed E-state index contributed by atoms with van der Waals surface area (Å²) in [6.07, 6.45) is 0. The molecule has 2 aromatic rings. The lowest BCUT2D eigenvalue weighted by molar-refractivity contribution is 0.102. The van der Waals surface area contributed by atoms with Gasteiger partial charge in [-0.25, -0.2) is 8.42 Å². The van der Waals surface area contributed by atoms with E-state index in [-0.39, 0.29) is 10.5 Å². The zero-order valence-corrected chi connectivity index (χ0v) is 15.7. The quantitative estimate of drug-likeness (QED) is 0.867. The second-order valence-corrected chi connectivity index (χ2v) is 8.28. The van der Waals surface area contributed by atoms with Gasteiger partial charge >= 0.3 is 0 Å². The maximum atomic E-state index is 12.9. The molecule has 3 rings (SSSR count). The lowest BCUT2D eigenvalue weighted by Crippen LogP contribution is -2.47. The van der Waals surface area contributed by atoms with Gasteiger partial charge in [0.2, 0.25) is 10.0 Å². The van der Waals surface area contributed by atoms with Crippen molar-refractivity contribution in [2.75, 3.05) is 38.5 Å². The minimum Gasteiger partial charge on any atom is -0.321 e. The van der Waals surface area contributed by atoms with E-state index in [4.69, 9.17) is 5.26 Å². The number of rotatable bonds is 4. The van der Waals surface area contributed by atoms with Gasteiger partial charge in [0.05, 0.1) is 16.1 Å². The number of carbonyl (C=O) groups excluding carboxylic acids is 1. The molecule has 0 aromatic heterocycles. The maximum Gasteiger partial charge on any atom is 0.255 e. The highest BCUT2D eigenvalue weighted by Crippen LogP contribution is 2.20. The topological polar surface area (TPSA) is 93.5 Å². The number of amides is 1. The van der Waals surface area contributed by atoms with Gasteiger partial charge in [-0.2, -0.15) is 9.57 Å². The smallest absolute Gasteiger partial charge is 0.255 e. The molecule has 1 amide bonds. The number of nitrogens with zero attached hydrogens (tertiary/aromatic N) is 3. The normalized spacial score (nSPS) is 15.9. The predicted octanol–water partition coefficient (Wildman–Crippen LogP) is 1.75. The van der Waals surface area contributed by atoms with E-state index in [1.807, 2.05) is 13.1 Å². The largest absolute Gasteiger partial charge is 0.321 e. The van der Waals surface area contributed by atoms with E-state index in [2.05, 4.69) is 10.2 Å². The van der Waals surface area contributed by atoms with Gasteiger partial charge in [-0.1, -0.05) is 18.2 Å². The first kappa shape index (κ1) is 19.0. The Labute approximate surface area is 158 Å². The second kappa shape index (κ2) is 7.88. The summed E-state index contributed by atoms with van der Waals surface area (Å²) in [6.45, 7) is 2.18. The molecule has 0 unspecified atom stereocenters. The van der Waals surface area contributed by atoms with Crippen molar-refractivity contribution in [1.82, 2.24) is 9.21 Å². The number of carbonyl (C=O) groups is 1. The van der Waals surface area contributed by atoms with Gasteiger partial charge in [0.25, 0.3) is 5.91 Å². The van der Waals surface area contributed by atoms with Crippen LogP contribution >= 0.6 is 0 Å². The number of nitriles is 1. The Morgan fingerprint density at radius 1 is 1.07 bits per heavy atom. The van der Waals surface area contributed by atoms with Crippen molar-refractivity contribution in [2.24, 2.45) is 0 Å². The van der Waals surface area contributed by atoms with Crippen LogP contribution in [0.25, 0.3) is 0 Å². The van der Waals surface area contributed by atoms with Crippen LogP contribution in [0.5, 0.6) is 0 Å². The first-order valence-corrected chi connectivity index (χ1v) is 9.95. The molecule has 1 N–H and O–H groups in total. The first-order chi connectivity index (χ1) is 12.9. The average molecular weight is 384 g/mol. The Kier molecular flexibility index (Phi) is 5.56. The Morgan fingerprint density at radius 3 is 2.48 bits per heavy atom. The Hall–Kier alpha value is -2.73. The van der Waals surface area contributed by atoms with Crippen molar-refractivity contribution in [3.05, 3.63) is 59.7 Å². The van der Waals surface area contributed by atoms with E-state index in [0.717, 1.165) is 0 Å². The third-order valence-electron chi connectivity index (χ3n) is 4.49. The third kappa shape index (κ3) is 4.17. The fourth-order valence-corrected chi connectivity index (χ4v) is 4.33. The molecule has 27 heavy (non-hydrogen) atoms. The molecular formula is C19H20N4O3S. The number of nitrogens with one attached hydrogen (secondary N) is 1. The molecule has 0 radical (unpaired) electrons. The second-order valence-electron chi connectivity index (χ2n) is 6.35. The zero-order chi connectivity index (χ0) is 19.4. The lowest BCUT2D eigenvalue weighted by atomic mass is 10.1. The van der Waals surface area contributed by atoms with Crippen LogP contribution in [0.4, 0.5) is 5.69 Å². The Morgan fingerprint density at radius 2 is 1.78 bits per heavy atom. The van der Waals surface area contributed by atoms with Crippen molar-refractivity contribution in [3.8, 4) is 6.07 Å². The summed E-state index contributed by atoms with van der Waals surface area (Å²) in [7, 11) is -1.70. The molecule has 1 saturated heterocycles. The molecular weight excluding hydrogens is 364 g/mol. The van der Waals surface area contributed by atoms with E-state index in [0.29, 0.717) is 37.4 Å². The number of hydrogen-bond donors (Lipinski definition) is 1. The fourth-order valence-electron chi connectivity index (χ4n) is 2.86. The summed E-state index contributed by atoms with van der Waals surface area (Å²) >= 11 is 0. The van der Waals surface area contributed by atoms with Crippen molar-refractivity contribution in [2.45, 2.75) is 4.90 Å². The number of anilines is 1. The molecule has 0 aliphatic carbocycles. The molecule has 1 fully saturated rings. The molecule has 1 aliphatic rings. The highest BCUT2D eigenvalue weighted by atomic mass is 32.2. The van der Waals surface area contributed by atoms with E-state index >= 15 is 0 Å². The summed E-state index contributed by atoms with van der Waals surface area (Å²) in [6, 6.07) is 14.6. The van der Waals surface area contributed by atoms with Crippen molar-refractivity contribution in [1.29, 1.82) is 5.26 Å². The van der Waals surface area contributed by atoms with Gasteiger partial charge < -0.3 is 10.2 Å². The zero-order valence-electron chi connectivity index (χ0n) is 14.9. The van der Waals surface area contributed by atoms with E-state index < -0.39 is 15.9 Å². The summed E-state index contributed by atoms with van der Waals surface area (Å²) in [5, 5.41) is 11.8. The van der Waals surface area contributed by atoms with Crippen LogP contribution in [0.2, 0.25) is 0 Å². The van der Waals surface area contributed by atoms with Crippen LogP contribution in [0.3, 0.4) is 0 Å². The van der Waals surface area contributed by atoms with Crippen LogP contribution in [0.1, 0.15) is 15.9 Å². The highest BCUT2D eigenvalue weighted by Gasteiger charge is 2.28. The Bertz CT molecular complexity index is 990. The van der Waals surface area contributed by atoms with Crippen molar-refractivity contribution >= 4 is 21.6 Å². The van der Waals surface area contributed by atoms with Gasteiger partial charge in [0.15, 0.2) is 0 Å². The van der Waals surface area contributed by atoms with Crippen LogP contribution in [-0.2, 0) is 10.0 Å². The van der Waals surface area contributed by atoms with Crippen molar-refractivity contribution in [3.63, 3.8) is 0 Å². The SMILES string of the molecule is CN1CCN(S(=O)(=O)c2cccc(C(=O)Nc3ccccc3C#N)c2)CC1. The van der Waals surface area contributed by atoms with Gasteiger partial charge in [-0.05, 0) is 37.4 Å². The first-order valence-electron chi connectivity index (χ1n) is 8.51.